The van der Waals surface area contributed by atoms with Crippen molar-refractivity contribution in [3.63, 3.8) is 0 Å². The van der Waals surface area contributed by atoms with Crippen LogP contribution in [-0.4, -0.2) is 17.7 Å². The zero-order valence-electron chi connectivity index (χ0n) is 11.4. The van der Waals surface area contributed by atoms with E-state index in [1.807, 2.05) is 19.1 Å². The maximum atomic E-state index is 11.1. The van der Waals surface area contributed by atoms with E-state index in [1.165, 1.54) is 12.2 Å². The Morgan fingerprint density at radius 3 is 2.32 bits per heavy atom. The smallest absolute Gasteiger partial charge is 0.339 e. The van der Waals surface area contributed by atoms with Crippen molar-refractivity contribution in [2.45, 2.75) is 13.8 Å². The van der Waals surface area contributed by atoms with Crippen molar-refractivity contribution in [3.8, 4) is 0 Å². The van der Waals surface area contributed by atoms with E-state index in [1.54, 1.807) is 25.2 Å². The molecule has 19 heavy (non-hydrogen) atoms. The number of hydrogen-bond donors (Lipinski definition) is 1. The van der Waals surface area contributed by atoms with Gasteiger partial charge in [-0.05, 0) is 31.6 Å². The maximum Gasteiger partial charge on any atom is 0.339 e. The Labute approximate surface area is 114 Å². The average molecular weight is 260 g/mol. The van der Waals surface area contributed by atoms with Crippen LogP contribution in [0.5, 0.6) is 0 Å². The molecule has 0 radical (unpaired) electrons. The normalized spacial score (nSPS) is 13.5. The van der Waals surface area contributed by atoms with Crippen LogP contribution in [0.15, 0.2) is 72.6 Å². The monoisotopic (exact) mass is 260 g/mol. The minimum atomic E-state index is -1.04. The minimum absolute atomic E-state index is 0.0839. The van der Waals surface area contributed by atoms with Gasteiger partial charge < -0.3 is 9.84 Å². The molecular formula is C16H20O3. The Bertz CT molecular complexity index is 449. The van der Waals surface area contributed by atoms with E-state index >= 15 is 0 Å². The third kappa shape index (κ3) is 6.27. The van der Waals surface area contributed by atoms with Gasteiger partial charge in [0.2, 0.25) is 0 Å². The number of carboxylic acid groups (broad SMARTS) is 1. The summed E-state index contributed by atoms with van der Waals surface area (Å²) in [7, 11) is 0. The van der Waals surface area contributed by atoms with E-state index < -0.39 is 5.97 Å². The molecule has 0 spiro atoms. The van der Waals surface area contributed by atoms with Crippen LogP contribution in [0.4, 0.5) is 0 Å². The molecule has 0 aromatic heterocycles. The standard InChI is InChI=1S/C16H20O3/c1-5-9-11-13(7-3)12-19-15(8-4)14(10-6-2)16(17)18/h5-11H,1-2,12H2,3-4H3,(H,17,18)/b11-9-,13-7+,14-10+,15-8+. The highest BCUT2D eigenvalue weighted by Crippen LogP contribution is 2.14. The largest absolute Gasteiger partial charge is 0.488 e. The van der Waals surface area contributed by atoms with Gasteiger partial charge in [0.15, 0.2) is 0 Å². The first-order valence-corrected chi connectivity index (χ1v) is 5.90. The molecule has 3 heteroatoms. The van der Waals surface area contributed by atoms with Crippen molar-refractivity contribution < 1.29 is 14.6 Å². The van der Waals surface area contributed by atoms with Crippen LogP contribution >= 0.6 is 0 Å². The Morgan fingerprint density at radius 1 is 1.21 bits per heavy atom. The molecule has 0 amide bonds. The van der Waals surface area contributed by atoms with Crippen molar-refractivity contribution in [1.82, 2.24) is 0 Å². The van der Waals surface area contributed by atoms with Gasteiger partial charge in [0, 0.05) is 0 Å². The fraction of sp³-hybridized carbons (Fsp3) is 0.188. The summed E-state index contributed by atoms with van der Waals surface area (Å²) in [6.07, 6.45) is 11.7. The third-order valence-corrected chi connectivity index (χ3v) is 2.25. The molecule has 0 atom stereocenters. The molecule has 102 valence electrons. The van der Waals surface area contributed by atoms with Gasteiger partial charge in [-0.25, -0.2) is 4.79 Å². The highest BCUT2D eigenvalue weighted by Gasteiger charge is 2.13. The first-order chi connectivity index (χ1) is 9.10. The zero-order chi connectivity index (χ0) is 14.7. The lowest BCUT2D eigenvalue weighted by Crippen LogP contribution is -2.07. The minimum Gasteiger partial charge on any atom is -0.488 e. The van der Waals surface area contributed by atoms with Gasteiger partial charge in [-0.15, -0.1) is 0 Å². The van der Waals surface area contributed by atoms with E-state index in [0.717, 1.165) is 5.57 Å². The molecule has 0 aromatic rings. The van der Waals surface area contributed by atoms with Crippen molar-refractivity contribution in [2.75, 3.05) is 6.61 Å². The molecule has 1 N–H and O–H groups in total. The number of carbonyl (C=O) groups is 1. The lowest BCUT2D eigenvalue weighted by molar-refractivity contribution is -0.132. The average Bonchev–Trinajstić information content (AvgIpc) is 2.41. The van der Waals surface area contributed by atoms with Crippen molar-refractivity contribution >= 4 is 5.97 Å². The van der Waals surface area contributed by atoms with Crippen molar-refractivity contribution in [3.05, 3.63) is 72.6 Å². The lowest BCUT2D eigenvalue weighted by Gasteiger charge is -2.11. The fourth-order valence-electron chi connectivity index (χ4n) is 1.27. The predicted molar refractivity (Wildman–Crippen MR) is 78.7 cm³/mol. The van der Waals surface area contributed by atoms with E-state index in [2.05, 4.69) is 13.2 Å². The first-order valence-electron chi connectivity index (χ1n) is 5.90. The molecule has 0 saturated heterocycles. The maximum absolute atomic E-state index is 11.1. The van der Waals surface area contributed by atoms with E-state index in [0.29, 0.717) is 12.4 Å². The number of hydrogen-bond acceptors (Lipinski definition) is 2. The van der Waals surface area contributed by atoms with Gasteiger partial charge in [-0.3, -0.25) is 0 Å². The number of aliphatic carboxylic acids is 1. The van der Waals surface area contributed by atoms with Crippen molar-refractivity contribution in [2.24, 2.45) is 0 Å². The number of carboxylic acids is 1. The summed E-state index contributed by atoms with van der Waals surface area (Å²) < 4.78 is 5.53. The van der Waals surface area contributed by atoms with Gasteiger partial charge in [0.25, 0.3) is 0 Å². The highest BCUT2D eigenvalue weighted by atomic mass is 16.5. The highest BCUT2D eigenvalue weighted by molar-refractivity contribution is 5.91. The second-order valence-corrected chi connectivity index (χ2v) is 3.52. The van der Waals surface area contributed by atoms with Gasteiger partial charge in [0.05, 0.1) is 0 Å². The summed E-state index contributed by atoms with van der Waals surface area (Å²) in [5, 5.41) is 9.09. The Hall–Kier alpha value is -2.29. The van der Waals surface area contributed by atoms with E-state index in [9.17, 15) is 4.79 Å². The molecule has 0 rings (SSSR count). The molecule has 0 aliphatic heterocycles. The van der Waals surface area contributed by atoms with Gasteiger partial charge >= 0.3 is 5.97 Å². The van der Waals surface area contributed by atoms with Crippen LogP contribution in [0.1, 0.15) is 13.8 Å². The molecule has 0 aromatic carbocycles. The summed E-state index contributed by atoms with van der Waals surface area (Å²) in [6.45, 7) is 11.0. The van der Waals surface area contributed by atoms with Crippen LogP contribution < -0.4 is 0 Å². The molecule has 3 nitrogen and oxygen atoms in total. The van der Waals surface area contributed by atoms with Crippen LogP contribution in [0.25, 0.3) is 0 Å². The fourth-order valence-corrected chi connectivity index (χ4v) is 1.27. The van der Waals surface area contributed by atoms with Crippen LogP contribution in [0, 0.1) is 0 Å². The van der Waals surface area contributed by atoms with Gasteiger partial charge in [-0.1, -0.05) is 43.5 Å². The van der Waals surface area contributed by atoms with E-state index in [4.69, 9.17) is 9.84 Å². The second kappa shape index (κ2) is 9.71. The molecular weight excluding hydrogens is 240 g/mol. The van der Waals surface area contributed by atoms with Crippen LogP contribution in [0.2, 0.25) is 0 Å². The Kier molecular flexibility index (Phi) is 8.54. The molecule has 0 fully saturated rings. The lowest BCUT2D eigenvalue weighted by atomic mass is 10.2. The summed E-state index contributed by atoms with van der Waals surface area (Å²) in [5.41, 5.74) is 1.02. The summed E-state index contributed by atoms with van der Waals surface area (Å²) in [6, 6.07) is 0. The first kappa shape index (κ1) is 16.7. The topological polar surface area (TPSA) is 46.5 Å². The summed E-state index contributed by atoms with van der Waals surface area (Å²) >= 11 is 0. The van der Waals surface area contributed by atoms with Gasteiger partial charge in [0.1, 0.15) is 17.9 Å². The van der Waals surface area contributed by atoms with E-state index in [-0.39, 0.29) is 5.57 Å². The quantitative estimate of drug-likeness (QED) is 0.410. The van der Waals surface area contributed by atoms with Crippen LogP contribution in [0.3, 0.4) is 0 Å². The number of ether oxygens (including phenoxy) is 1. The molecule has 0 unspecified atom stereocenters. The predicted octanol–water partition coefficient (Wildman–Crippen LogP) is 3.79. The SMILES string of the molecule is C=C/C=C\C(=C/C)COC(=C/C)/C(=C\C=C)C(=O)O. The molecule has 0 bridgehead atoms. The van der Waals surface area contributed by atoms with Crippen LogP contribution in [-0.2, 0) is 9.53 Å². The number of allylic oxidation sites excluding steroid dienone is 6. The summed E-state index contributed by atoms with van der Waals surface area (Å²) in [4.78, 5) is 11.1. The molecule has 0 heterocycles. The second-order valence-electron chi connectivity index (χ2n) is 3.52. The molecule has 0 aliphatic carbocycles. The Balaban J connectivity index is 4.89. The van der Waals surface area contributed by atoms with Gasteiger partial charge in [-0.2, -0.15) is 0 Å². The summed E-state index contributed by atoms with van der Waals surface area (Å²) in [5.74, 6) is -0.726. The molecule has 0 saturated carbocycles. The van der Waals surface area contributed by atoms with Crippen molar-refractivity contribution in [1.29, 1.82) is 0 Å². The Morgan fingerprint density at radius 2 is 1.89 bits per heavy atom. The molecule has 0 aliphatic rings. The number of rotatable bonds is 8. The zero-order valence-corrected chi connectivity index (χ0v) is 11.4. The third-order valence-electron chi connectivity index (χ3n) is 2.25.